The molecule has 0 radical (unpaired) electrons. The Bertz CT molecular complexity index is 1220. The fourth-order valence-corrected chi connectivity index (χ4v) is 4.29. The van der Waals surface area contributed by atoms with Crippen molar-refractivity contribution in [1.29, 1.82) is 5.41 Å². The van der Waals surface area contributed by atoms with Crippen LogP contribution < -0.4 is 14.4 Å². The van der Waals surface area contributed by atoms with E-state index < -0.39 is 11.7 Å². The third-order valence-electron chi connectivity index (χ3n) is 4.99. The van der Waals surface area contributed by atoms with Crippen molar-refractivity contribution in [2.75, 3.05) is 25.7 Å². The topological polar surface area (TPSA) is 78.7 Å². The zero-order valence-corrected chi connectivity index (χ0v) is 17.8. The summed E-state index contributed by atoms with van der Waals surface area (Å²) >= 11 is 1.23. The maximum Gasteiger partial charge on any atom is 0.416 e. The fourth-order valence-electron chi connectivity index (χ4n) is 3.39. The minimum absolute atomic E-state index is 0.110. The highest BCUT2D eigenvalue weighted by molar-refractivity contribution is 7.11. The van der Waals surface area contributed by atoms with Gasteiger partial charge >= 0.3 is 6.18 Å². The van der Waals surface area contributed by atoms with E-state index in [0.717, 1.165) is 17.7 Å². The lowest BCUT2D eigenvalue weighted by molar-refractivity contribution is -0.137. The number of halogens is 3. The lowest BCUT2D eigenvalue weighted by Crippen LogP contribution is -2.26. The summed E-state index contributed by atoms with van der Waals surface area (Å²) in [6, 6.07) is 9.99. The molecule has 0 spiro atoms. The monoisotopic (exact) mass is 461 g/mol. The summed E-state index contributed by atoms with van der Waals surface area (Å²) in [5.41, 5.74) is 0.906. The normalized spacial score (nSPS) is 14.3. The molecule has 10 heteroatoms. The number of aromatic nitrogens is 1. The molecule has 166 valence electrons. The average molecular weight is 461 g/mol. The van der Waals surface area contributed by atoms with Crippen molar-refractivity contribution in [2.45, 2.75) is 6.18 Å². The van der Waals surface area contributed by atoms with Gasteiger partial charge in [-0.1, -0.05) is 6.07 Å². The molecular weight excluding hydrogens is 443 g/mol. The molecule has 0 bridgehead atoms. The summed E-state index contributed by atoms with van der Waals surface area (Å²) in [5, 5.41) is 21.2. The molecule has 0 unspecified atom stereocenters. The van der Waals surface area contributed by atoms with E-state index in [-0.39, 0.29) is 29.4 Å². The van der Waals surface area contributed by atoms with E-state index in [9.17, 15) is 18.3 Å². The summed E-state index contributed by atoms with van der Waals surface area (Å²) in [4.78, 5) is 5.85. The van der Waals surface area contributed by atoms with Crippen molar-refractivity contribution in [1.82, 2.24) is 4.98 Å². The van der Waals surface area contributed by atoms with Crippen LogP contribution in [0.25, 0.3) is 16.8 Å². The molecule has 0 aliphatic carbocycles. The first kappa shape index (κ1) is 21.7. The maximum atomic E-state index is 13.1. The Hall–Kier alpha value is -3.53. The number of nitrogens with one attached hydrogen (secondary N) is 1. The number of nitrogens with zero attached hydrogens (tertiary/aromatic N) is 2. The number of thiazole rings is 1. The lowest BCUT2D eigenvalue weighted by Gasteiger charge is -2.20. The van der Waals surface area contributed by atoms with Crippen molar-refractivity contribution >= 4 is 28.4 Å². The lowest BCUT2D eigenvalue weighted by atomic mass is 10.1. The number of anilines is 1. The highest BCUT2D eigenvalue weighted by Gasteiger charge is 2.34. The molecule has 1 aromatic heterocycles. The second-order valence-electron chi connectivity index (χ2n) is 6.91. The molecule has 2 heterocycles. The van der Waals surface area contributed by atoms with Crippen LogP contribution in [0, 0.1) is 5.41 Å². The molecule has 2 aromatic carbocycles. The molecular formula is C22H18F3N3O3S. The zero-order chi connectivity index (χ0) is 23.0. The number of benzene rings is 2. The summed E-state index contributed by atoms with van der Waals surface area (Å²) < 4.78 is 49.8. The van der Waals surface area contributed by atoms with E-state index in [2.05, 4.69) is 4.98 Å². The van der Waals surface area contributed by atoms with Crippen LogP contribution in [0.4, 0.5) is 18.9 Å². The van der Waals surface area contributed by atoms with Gasteiger partial charge in [-0.25, -0.2) is 4.98 Å². The highest BCUT2D eigenvalue weighted by atomic mass is 32.1. The Morgan fingerprint density at radius 1 is 1.09 bits per heavy atom. The van der Waals surface area contributed by atoms with E-state index in [4.69, 9.17) is 14.9 Å². The van der Waals surface area contributed by atoms with E-state index in [1.165, 1.54) is 42.6 Å². The first-order chi connectivity index (χ1) is 15.2. The maximum absolute atomic E-state index is 13.1. The number of rotatable bonds is 5. The first-order valence-corrected chi connectivity index (χ1v) is 10.2. The number of aliphatic hydroxyl groups excluding tert-OH is 1. The molecule has 1 aliphatic heterocycles. The summed E-state index contributed by atoms with van der Waals surface area (Å²) in [7, 11) is 3.06. The molecule has 0 fully saturated rings. The predicted molar refractivity (Wildman–Crippen MR) is 117 cm³/mol. The molecule has 0 atom stereocenters. The number of hydrogen-bond acceptors (Lipinski definition) is 6. The minimum Gasteiger partial charge on any atom is -0.510 e. The highest BCUT2D eigenvalue weighted by Crippen LogP contribution is 2.38. The van der Waals surface area contributed by atoms with Gasteiger partial charge in [-0.05, 0) is 36.4 Å². The standard InChI is InChI=1S/C22H18F3N3O3S/c1-30-17-7-6-12(8-18(17)31-2)15-11-32-21(27-15)19-16(29)10-28(20(19)26)14-5-3-4-13(9-14)22(23,24)25/h3-9,11,26,29H,10H2,1-2H3. The van der Waals surface area contributed by atoms with Gasteiger partial charge < -0.3 is 19.5 Å². The van der Waals surface area contributed by atoms with Crippen LogP contribution >= 0.6 is 11.3 Å². The Kier molecular flexibility index (Phi) is 5.55. The van der Waals surface area contributed by atoms with Gasteiger partial charge in [0.2, 0.25) is 0 Å². The number of aliphatic hydroxyl groups is 1. The first-order valence-electron chi connectivity index (χ1n) is 9.37. The van der Waals surface area contributed by atoms with Gasteiger partial charge in [0.25, 0.3) is 0 Å². The molecule has 4 rings (SSSR count). The van der Waals surface area contributed by atoms with Gasteiger partial charge in [-0.2, -0.15) is 13.2 Å². The predicted octanol–water partition coefficient (Wildman–Crippen LogP) is 5.61. The third-order valence-corrected chi connectivity index (χ3v) is 5.85. The summed E-state index contributed by atoms with van der Waals surface area (Å²) in [5.74, 6) is 0.864. The van der Waals surface area contributed by atoms with Gasteiger partial charge in [0.15, 0.2) is 11.5 Å². The van der Waals surface area contributed by atoms with Gasteiger partial charge in [-0.3, -0.25) is 5.41 Å². The van der Waals surface area contributed by atoms with Crippen LogP contribution in [-0.2, 0) is 6.18 Å². The number of methoxy groups -OCH3 is 2. The molecule has 32 heavy (non-hydrogen) atoms. The van der Waals surface area contributed by atoms with Crippen LogP contribution in [0.2, 0.25) is 0 Å². The fraction of sp³-hybridized carbons (Fsp3) is 0.182. The molecule has 0 amide bonds. The molecule has 1 aliphatic rings. The van der Waals surface area contributed by atoms with E-state index in [1.807, 2.05) is 6.07 Å². The van der Waals surface area contributed by atoms with Gasteiger partial charge in [-0.15, -0.1) is 11.3 Å². The van der Waals surface area contributed by atoms with Crippen molar-refractivity contribution in [3.8, 4) is 22.8 Å². The van der Waals surface area contributed by atoms with E-state index in [1.54, 1.807) is 17.5 Å². The Morgan fingerprint density at radius 2 is 1.84 bits per heavy atom. The zero-order valence-electron chi connectivity index (χ0n) is 17.0. The van der Waals surface area contributed by atoms with Crippen LogP contribution in [0.1, 0.15) is 10.6 Å². The average Bonchev–Trinajstić information content (AvgIpc) is 3.36. The SMILES string of the molecule is COc1ccc(-c2csc(C3=C(O)CN(c4cccc(C(F)(F)F)c4)C3=N)n2)cc1OC. The molecule has 6 nitrogen and oxygen atoms in total. The van der Waals surface area contributed by atoms with E-state index >= 15 is 0 Å². The molecule has 0 saturated heterocycles. The second kappa shape index (κ2) is 8.19. The van der Waals surface area contributed by atoms with Crippen LogP contribution in [0.5, 0.6) is 11.5 Å². The molecule has 2 N–H and O–H groups in total. The van der Waals surface area contributed by atoms with E-state index in [0.29, 0.717) is 22.2 Å². The quantitative estimate of drug-likeness (QED) is 0.516. The van der Waals surface area contributed by atoms with Gasteiger partial charge in [0, 0.05) is 16.6 Å². The second-order valence-corrected chi connectivity index (χ2v) is 7.77. The van der Waals surface area contributed by atoms with Crippen LogP contribution in [0.15, 0.2) is 53.6 Å². The van der Waals surface area contributed by atoms with Crippen molar-refractivity contribution in [3.05, 3.63) is 64.2 Å². The largest absolute Gasteiger partial charge is 0.510 e. The smallest absolute Gasteiger partial charge is 0.416 e. The van der Waals surface area contributed by atoms with Gasteiger partial charge in [0.05, 0.1) is 37.6 Å². The van der Waals surface area contributed by atoms with Crippen molar-refractivity contribution in [3.63, 3.8) is 0 Å². The third kappa shape index (κ3) is 3.89. The Labute approximate surface area is 185 Å². The number of ether oxygens (including phenoxy) is 2. The van der Waals surface area contributed by atoms with Crippen molar-refractivity contribution in [2.24, 2.45) is 0 Å². The number of amidine groups is 1. The van der Waals surface area contributed by atoms with Crippen LogP contribution in [0.3, 0.4) is 0 Å². The summed E-state index contributed by atoms with van der Waals surface area (Å²) in [6.45, 7) is -0.110. The number of alkyl halides is 3. The minimum atomic E-state index is -4.50. The molecule has 3 aromatic rings. The van der Waals surface area contributed by atoms with Gasteiger partial charge in [0.1, 0.15) is 16.6 Å². The van der Waals surface area contributed by atoms with Crippen LogP contribution in [-0.4, -0.2) is 36.7 Å². The number of hydrogen-bond donors (Lipinski definition) is 2. The Morgan fingerprint density at radius 3 is 2.53 bits per heavy atom. The summed E-state index contributed by atoms with van der Waals surface area (Å²) in [6.07, 6.45) is -4.50. The molecule has 0 saturated carbocycles. The van der Waals surface area contributed by atoms with Crippen molar-refractivity contribution < 1.29 is 27.8 Å². The Balaban J connectivity index is 1.63.